The summed E-state index contributed by atoms with van der Waals surface area (Å²) < 4.78 is 0. The Labute approximate surface area is 106 Å². The molecule has 0 aliphatic rings. The minimum absolute atomic E-state index is 0.354. The Hall–Kier alpha value is -2.28. The van der Waals surface area contributed by atoms with Crippen LogP contribution in [0.1, 0.15) is 5.56 Å². The van der Waals surface area contributed by atoms with Crippen molar-refractivity contribution in [3.63, 3.8) is 0 Å². The first-order chi connectivity index (χ1) is 8.77. The van der Waals surface area contributed by atoms with Crippen LogP contribution in [0.4, 0.5) is 0 Å². The topological polar surface area (TPSA) is 20.2 Å². The molecule has 1 N–H and O–H groups in total. The van der Waals surface area contributed by atoms with Crippen LogP contribution in [-0.2, 0) is 0 Å². The van der Waals surface area contributed by atoms with Gasteiger partial charge in [0, 0.05) is 0 Å². The summed E-state index contributed by atoms with van der Waals surface area (Å²) in [6.45, 7) is 1.95. The van der Waals surface area contributed by atoms with E-state index in [-0.39, 0.29) is 0 Å². The monoisotopic (exact) mass is 234 g/mol. The van der Waals surface area contributed by atoms with Crippen molar-refractivity contribution in [1.29, 1.82) is 0 Å². The molecule has 88 valence electrons. The molecule has 3 aromatic carbocycles. The van der Waals surface area contributed by atoms with Crippen LogP contribution in [0.3, 0.4) is 0 Å². The normalized spacial score (nSPS) is 10.7. The molecule has 3 aromatic rings. The van der Waals surface area contributed by atoms with Crippen molar-refractivity contribution in [2.75, 3.05) is 0 Å². The third kappa shape index (κ3) is 1.65. The number of phenolic OH excluding ortho intramolecular Hbond substituents is 1. The third-order valence-electron chi connectivity index (χ3n) is 3.37. The van der Waals surface area contributed by atoms with E-state index in [4.69, 9.17) is 0 Å². The van der Waals surface area contributed by atoms with Gasteiger partial charge in [0.05, 0.1) is 0 Å². The largest absolute Gasteiger partial charge is 0.508 e. The fourth-order valence-corrected chi connectivity index (χ4v) is 2.36. The molecule has 0 aliphatic heterocycles. The van der Waals surface area contributed by atoms with Crippen LogP contribution in [0.15, 0.2) is 60.7 Å². The van der Waals surface area contributed by atoms with Crippen LogP contribution >= 0.6 is 0 Å². The van der Waals surface area contributed by atoms with Gasteiger partial charge in [-0.3, -0.25) is 0 Å². The van der Waals surface area contributed by atoms with Crippen molar-refractivity contribution >= 4 is 10.8 Å². The maximum Gasteiger partial charge on any atom is 0.119 e. The highest BCUT2D eigenvalue weighted by Crippen LogP contribution is 2.35. The molecule has 0 atom stereocenters. The van der Waals surface area contributed by atoms with Gasteiger partial charge in [-0.1, -0.05) is 54.6 Å². The molecule has 0 aromatic heterocycles. The van der Waals surface area contributed by atoms with Crippen LogP contribution in [-0.4, -0.2) is 5.11 Å². The molecular formula is C17H14O. The first-order valence-electron chi connectivity index (χ1n) is 6.04. The lowest BCUT2D eigenvalue weighted by molar-refractivity contribution is 0.472. The van der Waals surface area contributed by atoms with Crippen LogP contribution in [0, 0.1) is 6.92 Å². The Morgan fingerprint density at radius 3 is 2.11 bits per heavy atom. The molecule has 1 heteroatoms. The van der Waals surface area contributed by atoms with Gasteiger partial charge in [0.2, 0.25) is 0 Å². The van der Waals surface area contributed by atoms with Crippen molar-refractivity contribution < 1.29 is 5.11 Å². The van der Waals surface area contributed by atoms with E-state index in [0.29, 0.717) is 5.75 Å². The number of aromatic hydroxyl groups is 1. The Bertz CT molecular complexity index is 699. The number of aryl methyl sites for hydroxylation is 1. The van der Waals surface area contributed by atoms with Gasteiger partial charge < -0.3 is 5.11 Å². The summed E-state index contributed by atoms with van der Waals surface area (Å²) in [5.74, 6) is 0.354. The number of hydrogen-bond donors (Lipinski definition) is 1. The molecule has 1 nitrogen and oxygen atoms in total. The third-order valence-corrected chi connectivity index (χ3v) is 3.37. The van der Waals surface area contributed by atoms with Crippen molar-refractivity contribution in [2.45, 2.75) is 6.92 Å². The van der Waals surface area contributed by atoms with Gasteiger partial charge in [-0.05, 0) is 40.5 Å². The van der Waals surface area contributed by atoms with E-state index in [2.05, 4.69) is 24.3 Å². The standard InChI is InChI=1S/C17H14O/c1-12-14-9-5-6-10-15(14)16(11-17(12)18)13-7-3-2-4-8-13/h2-11,18H,1H3. The van der Waals surface area contributed by atoms with E-state index in [1.54, 1.807) is 0 Å². The van der Waals surface area contributed by atoms with Crippen molar-refractivity contribution in [3.8, 4) is 16.9 Å². The fourth-order valence-electron chi connectivity index (χ4n) is 2.36. The zero-order valence-electron chi connectivity index (χ0n) is 10.2. The summed E-state index contributed by atoms with van der Waals surface area (Å²) in [5, 5.41) is 12.3. The molecule has 0 aliphatic carbocycles. The van der Waals surface area contributed by atoms with Crippen molar-refractivity contribution in [3.05, 3.63) is 66.2 Å². The number of benzene rings is 3. The lowest BCUT2D eigenvalue weighted by Gasteiger charge is -2.11. The summed E-state index contributed by atoms with van der Waals surface area (Å²) in [4.78, 5) is 0. The highest BCUT2D eigenvalue weighted by atomic mass is 16.3. The van der Waals surface area contributed by atoms with Gasteiger partial charge in [-0.25, -0.2) is 0 Å². The number of fused-ring (bicyclic) bond motifs is 1. The zero-order valence-corrected chi connectivity index (χ0v) is 10.2. The summed E-state index contributed by atoms with van der Waals surface area (Å²) in [7, 11) is 0. The van der Waals surface area contributed by atoms with Gasteiger partial charge in [0.25, 0.3) is 0 Å². The summed E-state index contributed by atoms with van der Waals surface area (Å²) >= 11 is 0. The predicted octanol–water partition coefficient (Wildman–Crippen LogP) is 4.52. The Balaban J connectivity index is 2.40. The van der Waals surface area contributed by atoms with Crippen LogP contribution < -0.4 is 0 Å². The minimum atomic E-state index is 0.354. The molecule has 0 heterocycles. The molecule has 0 bridgehead atoms. The van der Waals surface area contributed by atoms with E-state index in [1.807, 2.05) is 43.3 Å². The van der Waals surface area contributed by atoms with Crippen LogP contribution in [0.5, 0.6) is 5.75 Å². The van der Waals surface area contributed by atoms with E-state index >= 15 is 0 Å². The van der Waals surface area contributed by atoms with E-state index in [0.717, 1.165) is 22.1 Å². The fraction of sp³-hybridized carbons (Fsp3) is 0.0588. The molecule has 0 radical (unpaired) electrons. The molecular weight excluding hydrogens is 220 g/mol. The summed E-state index contributed by atoms with van der Waals surface area (Å²) in [6.07, 6.45) is 0. The van der Waals surface area contributed by atoms with E-state index in [9.17, 15) is 5.11 Å². The molecule has 0 fully saturated rings. The number of phenols is 1. The first-order valence-corrected chi connectivity index (χ1v) is 6.04. The molecule has 0 spiro atoms. The summed E-state index contributed by atoms with van der Waals surface area (Å²) in [5.41, 5.74) is 3.14. The summed E-state index contributed by atoms with van der Waals surface area (Å²) in [6, 6.07) is 20.2. The lowest BCUT2D eigenvalue weighted by atomic mass is 9.95. The van der Waals surface area contributed by atoms with Crippen molar-refractivity contribution in [2.24, 2.45) is 0 Å². The average Bonchev–Trinajstić information content (AvgIpc) is 2.44. The molecule has 0 amide bonds. The highest BCUT2D eigenvalue weighted by molar-refractivity contribution is 5.99. The second-order valence-corrected chi connectivity index (χ2v) is 4.48. The van der Waals surface area contributed by atoms with Gasteiger partial charge in [-0.2, -0.15) is 0 Å². The number of hydrogen-bond acceptors (Lipinski definition) is 1. The molecule has 0 saturated heterocycles. The second kappa shape index (κ2) is 4.19. The maximum absolute atomic E-state index is 10.1. The van der Waals surface area contributed by atoms with E-state index < -0.39 is 0 Å². The molecule has 0 saturated carbocycles. The van der Waals surface area contributed by atoms with Gasteiger partial charge in [0.15, 0.2) is 0 Å². The number of rotatable bonds is 1. The first kappa shape index (κ1) is 10.8. The van der Waals surface area contributed by atoms with Gasteiger partial charge in [0.1, 0.15) is 5.75 Å². The zero-order chi connectivity index (χ0) is 12.5. The Morgan fingerprint density at radius 1 is 0.778 bits per heavy atom. The second-order valence-electron chi connectivity index (χ2n) is 4.48. The molecule has 0 unspecified atom stereocenters. The predicted molar refractivity (Wildman–Crippen MR) is 75.8 cm³/mol. The van der Waals surface area contributed by atoms with Crippen LogP contribution in [0.2, 0.25) is 0 Å². The minimum Gasteiger partial charge on any atom is -0.508 e. The quantitative estimate of drug-likeness (QED) is 0.656. The van der Waals surface area contributed by atoms with Gasteiger partial charge >= 0.3 is 0 Å². The van der Waals surface area contributed by atoms with Crippen LogP contribution in [0.25, 0.3) is 21.9 Å². The van der Waals surface area contributed by atoms with Crippen molar-refractivity contribution in [1.82, 2.24) is 0 Å². The van der Waals surface area contributed by atoms with Gasteiger partial charge in [-0.15, -0.1) is 0 Å². The molecule has 3 rings (SSSR count). The molecule has 18 heavy (non-hydrogen) atoms. The Morgan fingerprint density at radius 2 is 1.39 bits per heavy atom. The Kier molecular flexibility index (Phi) is 2.52. The van der Waals surface area contributed by atoms with E-state index in [1.165, 1.54) is 5.39 Å². The smallest absolute Gasteiger partial charge is 0.119 e. The SMILES string of the molecule is Cc1c(O)cc(-c2ccccc2)c2ccccc12. The highest BCUT2D eigenvalue weighted by Gasteiger charge is 2.09. The lowest BCUT2D eigenvalue weighted by Crippen LogP contribution is -1.85. The average molecular weight is 234 g/mol. The maximum atomic E-state index is 10.1.